The van der Waals surface area contributed by atoms with Gasteiger partial charge in [-0.1, -0.05) is 13.8 Å². The Morgan fingerprint density at radius 1 is 1.33 bits per heavy atom. The molecule has 0 N–H and O–H groups in total. The summed E-state index contributed by atoms with van der Waals surface area (Å²) < 4.78 is 8.34. The molecule has 0 spiro atoms. The van der Waals surface area contributed by atoms with Gasteiger partial charge in [-0.15, -0.1) is 5.10 Å². The number of ether oxygens (including phenoxy) is 1. The second-order valence-corrected chi connectivity index (χ2v) is 6.36. The molecule has 3 heterocycles. The van der Waals surface area contributed by atoms with Gasteiger partial charge in [-0.25, -0.2) is 9.50 Å². The predicted octanol–water partition coefficient (Wildman–Crippen LogP) is 1.18. The van der Waals surface area contributed by atoms with Crippen molar-refractivity contribution in [2.45, 2.75) is 46.1 Å². The van der Waals surface area contributed by atoms with Crippen LogP contribution < -0.4 is 10.5 Å². The molecule has 8 heteroatoms. The Labute approximate surface area is 140 Å². The lowest BCUT2D eigenvalue weighted by Gasteiger charge is -2.17. The van der Waals surface area contributed by atoms with Gasteiger partial charge in [0.25, 0.3) is 5.56 Å². The van der Waals surface area contributed by atoms with Crippen LogP contribution in [0.1, 0.15) is 45.4 Å². The van der Waals surface area contributed by atoms with Crippen LogP contribution in [0.15, 0.2) is 11.0 Å². The quantitative estimate of drug-likeness (QED) is 0.583. The van der Waals surface area contributed by atoms with Crippen molar-refractivity contribution in [2.24, 2.45) is 0 Å². The number of anilines is 1. The first-order chi connectivity index (χ1) is 11.5. The molecule has 3 rings (SSSR count). The summed E-state index contributed by atoms with van der Waals surface area (Å²) >= 11 is 0. The van der Waals surface area contributed by atoms with Crippen molar-refractivity contribution in [2.75, 3.05) is 24.6 Å². The highest BCUT2D eigenvalue weighted by Crippen LogP contribution is 2.19. The summed E-state index contributed by atoms with van der Waals surface area (Å²) in [5.74, 6) is 1.44. The van der Waals surface area contributed by atoms with Crippen molar-refractivity contribution in [1.82, 2.24) is 19.2 Å². The second-order valence-electron chi connectivity index (χ2n) is 6.36. The highest BCUT2D eigenvalue weighted by Gasteiger charge is 2.24. The third kappa shape index (κ3) is 3.00. The van der Waals surface area contributed by atoms with Crippen LogP contribution in [-0.4, -0.2) is 44.8 Å². The van der Waals surface area contributed by atoms with E-state index in [1.54, 1.807) is 15.3 Å². The van der Waals surface area contributed by atoms with E-state index >= 15 is 0 Å². The van der Waals surface area contributed by atoms with Gasteiger partial charge in [0.15, 0.2) is 5.52 Å². The van der Waals surface area contributed by atoms with Crippen LogP contribution in [0.25, 0.3) is 5.52 Å². The van der Waals surface area contributed by atoms with Gasteiger partial charge in [0, 0.05) is 32.5 Å². The molecule has 2 aromatic rings. The van der Waals surface area contributed by atoms with Crippen molar-refractivity contribution in [1.29, 1.82) is 0 Å². The Morgan fingerprint density at radius 2 is 2.12 bits per heavy atom. The number of hydrogen-bond acceptors (Lipinski definition) is 6. The zero-order chi connectivity index (χ0) is 17.3. The van der Waals surface area contributed by atoms with E-state index in [1.165, 1.54) is 6.92 Å². The van der Waals surface area contributed by atoms with E-state index in [2.05, 4.69) is 15.0 Å². The Balaban J connectivity index is 1.78. The Morgan fingerprint density at radius 3 is 2.83 bits per heavy atom. The largest absolute Gasteiger partial charge is 0.466 e. The molecule has 0 amide bonds. The number of nitrogens with zero attached hydrogens (tertiary/aromatic N) is 5. The maximum Gasteiger partial charge on any atom is 0.302 e. The SMILES string of the molecule is CC(=O)OCCCCN1CCn2c1nn1c(C(C)C)ncc1c2=O. The Bertz CT molecular complexity index is 808. The summed E-state index contributed by atoms with van der Waals surface area (Å²) in [5, 5.41) is 4.66. The highest BCUT2D eigenvalue weighted by atomic mass is 16.5. The molecule has 8 nitrogen and oxygen atoms in total. The summed E-state index contributed by atoms with van der Waals surface area (Å²) in [7, 11) is 0. The molecule has 130 valence electrons. The Hall–Kier alpha value is -2.38. The van der Waals surface area contributed by atoms with E-state index < -0.39 is 0 Å². The molecule has 1 aliphatic heterocycles. The maximum atomic E-state index is 12.6. The van der Waals surface area contributed by atoms with Gasteiger partial charge in [0.1, 0.15) is 5.82 Å². The van der Waals surface area contributed by atoms with Gasteiger partial charge in [0.2, 0.25) is 5.95 Å². The molecule has 0 saturated heterocycles. The molecule has 0 bridgehead atoms. The van der Waals surface area contributed by atoms with Gasteiger partial charge < -0.3 is 9.64 Å². The summed E-state index contributed by atoms with van der Waals surface area (Å²) in [6.07, 6.45) is 3.28. The van der Waals surface area contributed by atoms with Crippen molar-refractivity contribution in [3.05, 3.63) is 22.4 Å². The number of esters is 1. The molecule has 0 fully saturated rings. The number of aromatic nitrogens is 4. The first kappa shape index (κ1) is 16.5. The molecular formula is C16H23N5O3. The molecule has 0 aromatic carbocycles. The maximum absolute atomic E-state index is 12.6. The number of carbonyl (C=O) groups excluding carboxylic acids is 1. The van der Waals surface area contributed by atoms with Crippen LogP contribution in [0.2, 0.25) is 0 Å². The van der Waals surface area contributed by atoms with Gasteiger partial charge in [-0.05, 0) is 12.8 Å². The van der Waals surface area contributed by atoms with Crippen LogP contribution in [0, 0.1) is 0 Å². The molecule has 0 saturated carbocycles. The van der Waals surface area contributed by atoms with Gasteiger partial charge in [-0.3, -0.25) is 14.2 Å². The number of fused-ring (bicyclic) bond motifs is 2. The van der Waals surface area contributed by atoms with E-state index in [0.29, 0.717) is 24.6 Å². The first-order valence-corrected chi connectivity index (χ1v) is 8.36. The number of carbonyl (C=O) groups is 1. The lowest BCUT2D eigenvalue weighted by molar-refractivity contribution is -0.141. The topological polar surface area (TPSA) is 81.7 Å². The van der Waals surface area contributed by atoms with E-state index in [0.717, 1.165) is 31.8 Å². The smallest absolute Gasteiger partial charge is 0.302 e. The molecule has 0 radical (unpaired) electrons. The fourth-order valence-corrected chi connectivity index (χ4v) is 2.97. The molecule has 2 aromatic heterocycles. The summed E-state index contributed by atoms with van der Waals surface area (Å²) in [6.45, 7) is 8.11. The lowest BCUT2D eigenvalue weighted by Crippen LogP contribution is -2.26. The highest BCUT2D eigenvalue weighted by molar-refractivity contribution is 5.65. The van der Waals surface area contributed by atoms with Gasteiger partial charge in [0.05, 0.1) is 12.8 Å². The van der Waals surface area contributed by atoms with Gasteiger partial charge in [-0.2, -0.15) is 0 Å². The number of unbranched alkanes of at least 4 members (excludes halogenated alkanes) is 1. The van der Waals surface area contributed by atoms with Crippen molar-refractivity contribution < 1.29 is 9.53 Å². The molecule has 24 heavy (non-hydrogen) atoms. The molecule has 1 aliphatic rings. The minimum absolute atomic E-state index is 0.0400. The minimum atomic E-state index is -0.251. The summed E-state index contributed by atoms with van der Waals surface area (Å²) in [4.78, 5) is 29.8. The van der Waals surface area contributed by atoms with Crippen molar-refractivity contribution >= 4 is 17.4 Å². The normalized spacial score (nSPS) is 13.8. The van der Waals surface area contributed by atoms with Crippen molar-refractivity contribution in [3.8, 4) is 0 Å². The summed E-state index contributed by atoms with van der Waals surface area (Å²) in [5.41, 5.74) is 0.487. The standard InChI is InChI=1S/C16H23N5O3/c1-11(2)14-17-10-13-15(23)20-8-7-19(16(20)18-21(13)14)6-4-5-9-24-12(3)22/h10-11H,4-9H2,1-3H3. The fourth-order valence-electron chi connectivity index (χ4n) is 2.97. The zero-order valence-corrected chi connectivity index (χ0v) is 14.4. The zero-order valence-electron chi connectivity index (χ0n) is 14.4. The van der Waals surface area contributed by atoms with E-state index in [-0.39, 0.29) is 17.4 Å². The number of rotatable bonds is 6. The van der Waals surface area contributed by atoms with Crippen LogP contribution in [0.3, 0.4) is 0 Å². The second kappa shape index (κ2) is 6.62. The van der Waals surface area contributed by atoms with E-state index in [9.17, 15) is 9.59 Å². The first-order valence-electron chi connectivity index (χ1n) is 8.36. The molecule has 0 atom stereocenters. The third-order valence-corrected chi connectivity index (χ3v) is 4.18. The lowest BCUT2D eigenvalue weighted by atomic mass is 10.2. The van der Waals surface area contributed by atoms with Crippen LogP contribution in [0.5, 0.6) is 0 Å². The number of hydrogen-bond donors (Lipinski definition) is 0. The van der Waals surface area contributed by atoms with Crippen molar-refractivity contribution in [3.63, 3.8) is 0 Å². The van der Waals surface area contributed by atoms with Gasteiger partial charge >= 0.3 is 5.97 Å². The van der Waals surface area contributed by atoms with E-state index in [4.69, 9.17) is 4.74 Å². The molecular weight excluding hydrogens is 310 g/mol. The van der Waals surface area contributed by atoms with Crippen LogP contribution >= 0.6 is 0 Å². The average Bonchev–Trinajstić information content (AvgIpc) is 3.12. The number of imidazole rings is 1. The average molecular weight is 333 g/mol. The molecule has 0 unspecified atom stereocenters. The monoisotopic (exact) mass is 333 g/mol. The predicted molar refractivity (Wildman–Crippen MR) is 89.4 cm³/mol. The third-order valence-electron chi connectivity index (χ3n) is 4.18. The minimum Gasteiger partial charge on any atom is -0.466 e. The Kier molecular flexibility index (Phi) is 4.55. The molecule has 0 aliphatic carbocycles. The van der Waals surface area contributed by atoms with E-state index in [1.807, 2.05) is 13.8 Å². The van der Waals surface area contributed by atoms with Crippen LogP contribution in [-0.2, 0) is 16.1 Å². The fraction of sp³-hybridized carbons (Fsp3) is 0.625. The van der Waals surface area contributed by atoms with Crippen LogP contribution in [0.4, 0.5) is 5.95 Å². The summed E-state index contributed by atoms with van der Waals surface area (Å²) in [6, 6.07) is 0.